The maximum absolute atomic E-state index is 13.7. The molecule has 1 aromatic rings. The van der Waals surface area contributed by atoms with E-state index in [1.807, 2.05) is 5.01 Å². The number of rotatable bonds is 2. The molecule has 0 atom stereocenters. The van der Waals surface area contributed by atoms with Gasteiger partial charge in [0.15, 0.2) is 5.17 Å². The lowest BCUT2D eigenvalue weighted by molar-refractivity contribution is -0.113. The maximum atomic E-state index is 13.7. The van der Waals surface area contributed by atoms with E-state index in [9.17, 15) is 14.0 Å². The zero-order valence-corrected chi connectivity index (χ0v) is 15.8. The number of hydrazine groups is 1. The van der Waals surface area contributed by atoms with Gasteiger partial charge in [0.2, 0.25) is 0 Å². The lowest BCUT2D eigenvalue weighted by Crippen LogP contribution is -2.45. The lowest BCUT2D eigenvalue weighted by Gasteiger charge is -2.28. The first-order valence-corrected chi connectivity index (χ1v) is 9.87. The number of carbonyl (C=O) groups excluding carboxylic acids is 2. The second kappa shape index (κ2) is 8.29. The van der Waals surface area contributed by atoms with E-state index < -0.39 is 11.9 Å². The second-order valence-corrected chi connectivity index (χ2v) is 7.43. The number of hydrogen-bond acceptors (Lipinski definition) is 7. The summed E-state index contributed by atoms with van der Waals surface area (Å²) in [5.41, 5.74) is 3.62. The molecule has 0 bridgehead atoms. The third kappa shape index (κ3) is 4.18. The van der Waals surface area contributed by atoms with Gasteiger partial charge in [-0.05, 0) is 49.2 Å². The summed E-state index contributed by atoms with van der Waals surface area (Å²) in [6.45, 7) is 2.47. The first kappa shape index (κ1) is 18.9. The van der Waals surface area contributed by atoms with Gasteiger partial charge < -0.3 is 4.74 Å². The molecule has 8 nitrogen and oxygen atoms in total. The van der Waals surface area contributed by atoms with Gasteiger partial charge in [-0.2, -0.15) is 10.1 Å². The van der Waals surface area contributed by atoms with Crippen molar-refractivity contribution in [3.8, 4) is 5.75 Å². The smallest absolute Gasteiger partial charge is 0.408 e. The highest BCUT2D eigenvalue weighted by Gasteiger charge is 2.28. The van der Waals surface area contributed by atoms with Crippen molar-refractivity contribution in [2.75, 3.05) is 26.2 Å². The zero-order chi connectivity index (χ0) is 19.5. The fourth-order valence-electron chi connectivity index (χ4n) is 2.96. The number of carbonyl (C=O) groups is 2. The summed E-state index contributed by atoms with van der Waals surface area (Å²) in [7, 11) is 0. The fraction of sp³-hybridized carbons (Fsp3) is 0.389. The van der Waals surface area contributed by atoms with Gasteiger partial charge >= 0.3 is 6.09 Å². The van der Waals surface area contributed by atoms with Gasteiger partial charge in [0.25, 0.3) is 5.91 Å². The van der Waals surface area contributed by atoms with Gasteiger partial charge in [0.05, 0.1) is 18.1 Å². The van der Waals surface area contributed by atoms with E-state index in [2.05, 4.69) is 10.4 Å². The minimum atomic E-state index is -0.720. The van der Waals surface area contributed by atoms with E-state index in [1.54, 1.807) is 6.08 Å². The average molecular weight is 406 g/mol. The topological polar surface area (TPSA) is 83.5 Å². The summed E-state index contributed by atoms with van der Waals surface area (Å²) in [4.78, 5) is 34.1. The highest BCUT2D eigenvalue weighted by Crippen LogP contribution is 2.33. The quantitative estimate of drug-likeness (QED) is 0.756. The van der Waals surface area contributed by atoms with Crippen molar-refractivity contribution in [2.24, 2.45) is 4.99 Å². The van der Waals surface area contributed by atoms with Crippen molar-refractivity contribution < 1.29 is 23.6 Å². The van der Waals surface area contributed by atoms with Crippen molar-refractivity contribution in [2.45, 2.75) is 19.3 Å². The first-order chi connectivity index (χ1) is 13.6. The summed E-state index contributed by atoms with van der Waals surface area (Å²) >= 11 is 1.23. The van der Waals surface area contributed by atoms with Gasteiger partial charge in [-0.15, -0.1) is 0 Å². The van der Waals surface area contributed by atoms with Gasteiger partial charge in [-0.3, -0.25) is 14.6 Å². The van der Waals surface area contributed by atoms with Crippen LogP contribution in [-0.4, -0.2) is 53.5 Å². The summed E-state index contributed by atoms with van der Waals surface area (Å²) in [5, 5.41) is 3.55. The summed E-state index contributed by atoms with van der Waals surface area (Å²) < 4.78 is 19.0. The van der Waals surface area contributed by atoms with E-state index in [1.165, 1.54) is 23.9 Å². The third-order valence-electron chi connectivity index (χ3n) is 4.37. The van der Waals surface area contributed by atoms with Crippen LogP contribution < -0.4 is 10.2 Å². The van der Waals surface area contributed by atoms with E-state index in [4.69, 9.17) is 9.57 Å². The third-order valence-corrected chi connectivity index (χ3v) is 5.37. The molecule has 3 aliphatic rings. The number of nitrogens with one attached hydrogen (secondary N) is 1. The monoisotopic (exact) mass is 406 g/mol. The fourth-order valence-corrected chi connectivity index (χ4v) is 3.87. The van der Waals surface area contributed by atoms with Gasteiger partial charge in [0, 0.05) is 24.7 Å². The number of amidine groups is 1. The Kier molecular flexibility index (Phi) is 5.60. The molecule has 1 aromatic carbocycles. The number of thioether (sulfide) groups is 1. The summed E-state index contributed by atoms with van der Waals surface area (Å²) in [6, 6.07) is 3.81. The summed E-state index contributed by atoms with van der Waals surface area (Å²) in [6.07, 6.45) is 3.65. The average Bonchev–Trinajstić information content (AvgIpc) is 3.35. The molecule has 3 heterocycles. The summed E-state index contributed by atoms with van der Waals surface area (Å²) in [5.74, 6) is -0.907. The van der Waals surface area contributed by atoms with Crippen molar-refractivity contribution in [3.63, 3.8) is 0 Å². The van der Waals surface area contributed by atoms with Gasteiger partial charge in [-0.1, -0.05) is 0 Å². The van der Waals surface area contributed by atoms with Crippen LogP contribution in [0.15, 0.2) is 28.1 Å². The number of hydrogen-bond donors (Lipinski definition) is 1. The first-order valence-electron chi connectivity index (χ1n) is 9.05. The van der Waals surface area contributed by atoms with Crippen LogP contribution in [0.4, 0.5) is 9.18 Å². The highest BCUT2D eigenvalue weighted by atomic mass is 32.2. The molecular formula is C18H19FN4O4S. The molecule has 0 aliphatic carbocycles. The number of amides is 2. The molecule has 2 amide bonds. The molecule has 2 saturated heterocycles. The van der Waals surface area contributed by atoms with E-state index >= 15 is 0 Å². The second-order valence-electron chi connectivity index (χ2n) is 6.42. The Labute approximate surface area is 165 Å². The van der Waals surface area contributed by atoms with E-state index in [0.29, 0.717) is 35.2 Å². The van der Waals surface area contributed by atoms with Gasteiger partial charge in [0.1, 0.15) is 11.6 Å². The molecule has 10 heteroatoms. The predicted molar refractivity (Wildman–Crippen MR) is 102 cm³/mol. The molecule has 148 valence electrons. The minimum Gasteiger partial charge on any atom is -0.408 e. The van der Waals surface area contributed by atoms with Crippen molar-refractivity contribution in [3.05, 3.63) is 34.5 Å². The standard InChI is InChI=1S/C18H19FN4O4S/c19-13-5-4-12(14(11-13)27-18(25)23-8-3-9-26-23)10-15-16(24)21-17(28-15)22-7-2-1-6-20-22/h4-5,10-11,20H,1-3,6-9H2/b15-10-. The van der Waals surface area contributed by atoms with Crippen LogP contribution in [0, 0.1) is 5.82 Å². The molecule has 2 fully saturated rings. The van der Waals surface area contributed by atoms with Crippen molar-refractivity contribution in [1.82, 2.24) is 15.5 Å². The predicted octanol–water partition coefficient (Wildman–Crippen LogP) is 2.53. The Morgan fingerprint density at radius 3 is 2.96 bits per heavy atom. The largest absolute Gasteiger partial charge is 0.439 e. The Morgan fingerprint density at radius 2 is 2.21 bits per heavy atom. The van der Waals surface area contributed by atoms with Crippen molar-refractivity contribution in [1.29, 1.82) is 0 Å². The molecule has 1 N–H and O–H groups in total. The molecule has 0 saturated carbocycles. The number of hydroxylamine groups is 2. The van der Waals surface area contributed by atoms with Crippen LogP contribution in [0.25, 0.3) is 6.08 Å². The van der Waals surface area contributed by atoms with Crippen LogP contribution in [-0.2, 0) is 9.63 Å². The Hall–Kier alpha value is -2.43. The van der Waals surface area contributed by atoms with E-state index in [-0.39, 0.29) is 11.7 Å². The molecule has 0 spiro atoms. The van der Waals surface area contributed by atoms with Crippen LogP contribution in [0.3, 0.4) is 0 Å². The lowest BCUT2D eigenvalue weighted by atomic mass is 10.2. The van der Waals surface area contributed by atoms with Crippen molar-refractivity contribution >= 4 is 35.0 Å². The molecule has 3 aliphatic heterocycles. The maximum Gasteiger partial charge on any atom is 0.439 e. The number of aliphatic imine (C=N–C) groups is 1. The number of ether oxygens (including phenoxy) is 1. The minimum absolute atomic E-state index is 0.0194. The number of benzene rings is 1. The zero-order valence-electron chi connectivity index (χ0n) is 15.0. The Morgan fingerprint density at radius 1 is 1.32 bits per heavy atom. The highest BCUT2D eigenvalue weighted by molar-refractivity contribution is 8.18. The van der Waals surface area contributed by atoms with E-state index in [0.717, 1.165) is 37.1 Å². The molecular weight excluding hydrogens is 387 g/mol. The number of nitrogens with zero attached hydrogens (tertiary/aromatic N) is 3. The molecule has 0 unspecified atom stereocenters. The Bertz CT molecular complexity index is 848. The van der Waals surface area contributed by atoms with Crippen LogP contribution in [0.2, 0.25) is 0 Å². The molecule has 0 radical (unpaired) electrons. The van der Waals surface area contributed by atoms with Gasteiger partial charge in [-0.25, -0.2) is 14.6 Å². The SMILES string of the molecule is O=C1N=C(N2CCCCN2)S/C1=C\c1ccc(F)cc1OC(=O)N1CCCO1. The number of halogens is 1. The van der Waals surface area contributed by atoms with Crippen LogP contribution in [0.5, 0.6) is 5.75 Å². The van der Waals surface area contributed by atoms with Crippen LogP contribution in [0.1, 0.15) is 24.8 Å². The Balaban J connectivity index is 1.52. The normalized spacial score (nSPS) is 21.4. The molecule has 4 rings (SSSR count). The molecule has 0 aromatic heterocycles. The molecule has 28 heavy (non-hydrogen) atoms. The van der Waals surface area contributed by atoms with Crippen LogP contribution >= 0.6 is 11.8 Å².